The molecule has 0 amide bonds. The maximum Gasteiger partial charge on any atom is 0.250 e. The molecule has 80 valence electrons. The first-order valence-corrected chi connectivity index (χ1v) is 5.40. The Morgan fingerprint density at radius 3 is 2.87 bits per heavy atom. The zero-order valence-corrected chi connectivity index (χ0v) is 8.73. The lowest BCUT2D eigenvalue weighted by Gasteiger charge is -1.99. The second kappa shape index (κ2) is 4.63. The summed E-state index contributed by atoms with van der Waals surface area (Å²) in [7, 11) is 0. The van der Waals surface area contributed by atoms with Gasteiger partial charge in [0.1, 0.15) is 5.01 Å². The lowest BCUT2D eigenvalue weighted by molar-refractivity contribution is 0.145. The molecule has 0 bridgehead atoms. The van der Waals surface area contributed by atoms with Crippen LogP contribution in [0.4, 0.5) is 8.78 Å². The number of para-hydroxylation sites is 1. The number of nitrogens with one attached hydrogen (secondary N) is 1. The highest BCUT2D eigenvalue weighted by molar-refractivity contribution is 7.18. The number of rotatable bonds is 4. The molecule has 1 heterocycles. The van der Waals surface area contributed by atoms with Crippen molar-refractivity contribution in [1.29, 1.82) is 0 Å². The number of fused-ring (bicyclic) bond motifs is 1. The van der Waals surface area contributed by atoms with Gasteiger partial charge in [0.25, 0.3) is 6.43 Å². The minimum Gasteiger partial charge on any atom is -0.305 e. The molecule has 15 heavy (non-hydrogen) atoms. The number of halogens is 2. The third kappa shape index (κ3) is 2.70. The number of benzene rings is 1. The van der Waals surface area contributed by atoms with Gasteiger partial charge in [-0.3, -0.25) is 0 Å². The Balaban J connectivity index is 2.03. The van der Waals surface area contributed by atoms with Crippen molar-refractivity contribution in [2.45, 2.75) is 13.0 Å². The second-order valence-corrected chi connectivity index (χ2v) is 4.21. The van der Waals surface area contributed by atoms with Crippen LogP contribution in [0.5, 0.6) is 0 Å². The molecule has 0 aliphatic heterocycles. The van der Waals surface area contributed by atoms with Gasteiger partial charge in [-0.2, -0.15) is 0 Å². The summed E-state index contributed by atoms with van der Waals surface area (Å²) < 4.78 is 24.8. The SMILES string of the molecule is FC(F)CNCc1nc2ccccc2s1. The number of hydrogen-bond acceptors (Lipinski definition) is 3. The summed E-state index contributed by atoms with van der Waals surface area (Å²) in [4.78, 5) is 4.32. The molecule has 1 aromatic heterocycles. The van der Waals surface area contributed by atoms with Crippen molar-refractivity contribution in [2.24, 2.45) is 0 Å². The first-order valence-electron chi connectivity index (χ1n) is 4.59. The Morgan fingerprint density at radius 2 is 2.13 bits per heavy atom. The fourth-order valence-corrected chi connectivity index (χ4v) is 2.22. The Labute approximate surface area is 89.9 Å². The van der Waals surface area contributed by atoms with E-state index in [4.69, 9.17) is 0 Å². The van der Waals surface area contributed by atoms with E-state index < -0.39 is 6.43 Å². The topological polar surface area (TPSA) is 24.9 Å². The highest BCUT2D eigenvalue weighted by Gasteiger charge is 2.04. The van der Waals surface area contributed by atoms with Crippen LogP contribution >= 0.6 is 11.3 Å². The van der Waals surface area contributed by atoms with E-state index in [9.17, 15) is 8.78 Å². The predicted molar refractivity (Wildman–Crippen MR) is 57.3 cm³/mol. The molecule has 0 saturated carbocycles. The van der Waals surface area contributed by atoms with E-state index in [2.05, 4.69) is 10.3 Å². The van der Waals surface area contributed by atoms with Crippen molar-refractivity contribution in [1.82, 2.24) is 10.3 Å². The van der Waals surface area contributed by atoms with Crippen LogP contribution in [-0.4, -0.2) is 18.0 Å². The molecular weight excluding hydrogens is 218 g/mol. The van der Waals surface area contributed by atoms with Crippen molar-refractivity contribution >= 4 is 21.6 Å². The van der Waals surface area contributed by atoms with Crippen LogP contribution < -0.4 is 5.32 Å². The van der Waals surface area contributed by atoms with Gasteiger partial charge in [0.2, 0.25) is 0 Å². The molecule has 0 saturated heterocycles. The van der Waals surface area contributed by atoms with Crippen LogP contribution in [0.2, 0.25) is 0 Å². The third-order valence-corrected chi connectivity index (χ3v) is 2.95. The molecule has 0 radical (unpaired) electrons. The first kappa shape index (κ1) is 10.4. The fraction of sp³-hybridized carbons (Fsp3) is 0.300. The highest BCUT2D eigenvalue weighted by Crippen LogP contribution is 2.21. The number of hydrogen-bond donors (Lipinski definition) is 1. The predicted octanol–water partition coefficient (Wildman–Crippen LogP) is 2.65. The summed E-state index contributed by atoms with van der Waals surface area (Å²) in [5.74, 6) is 0. The summed E-state index contributed by atoms with van der Waals surface area (Å²) in [5, 5.41) is 3.50. The number of nitrogens with zero attached hydrogens (tertiary/aromatic N) is 1. The molecule has 0 aliphatic rings. The van der Waals surface area contributed by atoms with Crippen LogP contribution in [0, 0.1) is 0 Å². The van der Waals surface area contributed by atoms with Crippen LogP contribution in [0.15, 0.2) is 24.3 Å². The molecule has 2 aromatic rings. The molecule has 0 fully saturated rings. The van der Waals surface area contributed by atoms with E-state index >= 15 is 0 Å². The van der Waals surface area contributed by atoms with E-state index in [-0.39, 0.29) is 6.54 Å². The molecule has 2 nitrogen and oxygen atoms in total. The monoisotopic (exact) mass is 228 g/mol. The average molecular weight is 228 g/mol. The zero-order chi connectivity index (χ0) is 10.7. The molecule has 1 N–H and O–H groups in total. The lowest BCUT2D eigenvalue weighted by atomic mass is 10.3. The third-order valence-electron chi connectivity index (χ3n) is 1.91. The Hall–Kier alpha value is -1.07. The lowest BCUT2D eigenvalue weighted by Crippen LogP contribution is -2.20. The van der Waals surface area contributed by atoms with Crippen molar-refractivity contribution in [2.75, 3.05) is 6.54 Å². The van der Waals surface area contributed by atoms with Gasteiger partial charge in [-0.25, -0.2) is 13.8 Å². The summed E-state index contributed by atoms with van der Waals surface area (Å²) in [6.45, 7) is 0.125. The highest BCUT2D eigenvalue weighted by atomic mass is 32.1. The van der Waals surface area contributed by atoms with Gasteiger partial charge in [-0.05, 0) is 12.1 Å². The van der Waals surface area contributed by atoms with Crippen molar-refractivity contribution in [3.05, 3.63) is 29.3 Å². The average Bonchev–Trinajstić information content (AvgIpc) is 2.59. The minimum absolute atomic E-state index is 0.282. The van der Waals surface area contributed by atoms with Crippen molar-refractivity contribution < 1.29 is 8.78 Å². The summed E-state index contributed by atoms with van der Waals surface area (Å²) in [6, 6.07) is 7.75. The van der Waals surface area contributed by atoms with E-state index in [0.29, 0.717) is 6.54 Å². The maximum atomic E-state index is 11.9. The van der Waals surface area contributed by atoms with Crippen LogP contribution in [0.3, 0.4) is 0 Å². The van der Waals surface area contributed by atoms with Crippen molar-refractivity contribution in [3.8, 4) is 0 Å². The Kier molecular flexibility index (Phi) is 3.23. The quantitative estimate of drug-likeness (QED) is 0.870. The van der Waals surface area contributed by atoms with Gasteiger partial charge < -0.3 is 5.32 Å². The summed E-state index contributed by atoms with van der Waals surface area (Å²) in [5.41, 5.74) is 0.927. The summed E-state index contributed by atoms with van der Waals surface area (Å²) in [6.07, 6.45) is -2.31. The van der Waals surface area contributed by atoms with Gasteiger partial charge in [0, 0.05) is 6.54 Å². The number of thiazole rings is 1. The maximum absolute atomic E-state index is 11.9. The molecular formula is C10H10F2N2S. The van der Waals surface area contributed by atoms with Gasteiger partial charge in [0.05, 0.1) is 16.8 Å². The van der Waals surface area contributed by atoms with E-state index in [0.717, 1.165) is 15.2 Å². The molecule has 1 aromatic carbocycles. The number of aromatic nitrogens is 1. The summed E-state index contributed by atoms with van der Waals surface area (Å²) >= 11 is 1.53. The molecule has 0 spiro atoms. The normalized spacial score (nSPS) is 11.4. The van der Waals surface area contributed by atoms with Gasteiger partial charge in [-0.1, -0.05) is 12.1 Å². The van der Waals surface area contributed by atoms with Crippen LogP contribution in [0.25, 0.3) is 10.2 Å². The fourth-order valence-electron chi connectivity index (χ4n) is 1.28. The Bertz CT molecular complexity index is 409. The van der Waals surface area contributed by atoms with Gasteiger partial charge >= 0.3 is 0 Å². The molecule has 0 aliphatic carbocycles. The molecule has 5 heteroatoms. The van der Waals surface area contributed by atoms with Crippen LogP contribution in [0.1, 0.15) is 5.01 Å². The largest absolute Gasteiger partial charge is 0.305 e. The van der Waals surface area contributed by atoms with Gasteiger partial charge in [-0.15, -0.1) is 11.3 Å². The number of alkyl halides is 2. The minimum atomic E-state index is -2.31. The van der Waals surface area contributed by atoms with E-state index in [1.807, 2.05) is 24.3 Å². The first-order chi connectivity index (χ1) is 7.25. The Morgan fingerprint density at radius 1 is 1.33 bits per heavy atom. The molecule has 0 unspecified atom stereocenters. The van der Waals surface area contributed by atoms with Crippen LogP contribution in [-0.2, 0) is 6.54 Å². The molecule has 0 atom stereocenters. The second-order valence-electron chi connectivity index (χ2n) is 3.10. The van der Waals surface area contributed by atoms with E-state index in [1.165, 1.54) is 11.3 Å². The van der Waals surface area contributed by atoms with Gasteiger partial charge in [0.15, 0.2) is 0 Å². The standard InChI is InChI=1S/C10H10F2N2S/c11-9(12)5-13-6-10-14-7-3-1-2-4-8(7)15-10/h1-4,9,13H,5-6H2. The molecule has 2 rings (SSSR count). The van der Waals surface area contributed by atoms with E-state index in [1.54, 1.807) is 0 Å². The smallest absolute Gasteiger partial charge is 0.250 e. The zero-order valence-electron chi connectivity index (χ0n) is 7.91. The van der Waals surface area contributed by atoms with Crippen molar-refractivity contribution in [3.63, 3.8) is 0 Å².